The first-order valence-corrected chi connectivity index (χ1v) is 7.85. The van der Waals surface area contributed by atoms with Gasteiger partial charge in [-0.2, -0.15) is 0 Å². The van der Waals surface area contributed by atoms with Gasteiger partial charge in [0.25, 0.3) is 0 Å². The molecule has 0 spiro atoms. The fourth-order valence-corrected chi connectivity index (χ4v) is 2.60. The molecule has 118 valence electrons. The van der Waals surface area contributed by atoms with Crippen LogP contribution in [0.5, 0.6) is 0 Å². The standard InChI is InChI=1S/C16H25ClN2O2/c1-3-14(4-2)19(9-10-20)12-16(21)18-11-13-7-5-6-8-15(13)17/h5-8,14,20H,3-4,9-12H2,1-2H3,(H,18,21). The first-order chi connectivity index (χ1) is 10.1. The number of benzene rings is 1. The molecule has 21 heavy (non-hydrogen) atoms. The number of amides is 1. The van der Waals surface area contributed by atoms with Gasteiger partial charge in [0.1, 0.15) is 0 Å². The van der Waals surface area contributed by atoms with Crippen LogP contribution in [0, 0.1) is 0 Å². The van der Waals surface area contributed by atoms with Crippen molar-refractivity contribution in [1.82, 2.24) is 10.2 Å². The van der Waals surface area contributed by atoms with Crippen molar-refractivity contribution in [1.29, 1.82) is 0 Å². The smallest absolute Gasteiger partial charge is 0.234 e. The number of carbonyl (C=O) groups excluding carboxylic acids is 1. The van der Waals surface area contributed by atoms with Crippen molar-refractivity contribution in [3.8, 4) is 0 Å². The van der Waals surface area contributed by atoms with Crippen LogP contribution in [0.2, 0.25) is 5.02 Å². The van der Waals surface area contributed by atoms with Crippen molar-refractivity contribution in [2.75, 3.05) is 19.7 Å². The summed E-state index contributed by atoms with van der Waals surface area (Å²) in [6, 6.07) is 7.79. The van der Waals surface area contributed by atoms with Gasteiger partial charge in [-0.1, -0.05) is 43.6 Å². The Bertz CT molecular complexity index is 436. The second-order valence-corrected chi connectivity index (χ2v) is 5.44. The Hall–Kier alpha value is -1.10. The second-order valence-electron chi connectivity index (χ2n) is 5.03. The number of hydrogen-bond acceptors (Lipinski definition) is 3. The highest BCUT2D eigenvalue weighted by atomic mass is 35.5. The Labute approximate surface area is 132 Å². The maximum absolute atomic E-state index is 12.1. The summed E-state index contributed by atoms with van der Waals surface area (Å²) in [7, 11) is 0. The lowest BCUT2D eigenvalue weighted by Crippen LogP contribution is -2.43. The zero-order valence-electron chi connectivity index (χ0n) is 12.8. The zero-order chi connectivity index (χ0) is 15.7. The Kier molecular flexibility index (Phi) is 8.35. The van der Waals surface area contributed by atoms with Gasteiger partial charge >= 0.3 is 0 Å². The third-order valence-corrected chi connectivity index (χ3v) is 4.00. The van der Waals surface area contributed by atoms with Crippen LogP contribution in [0.15, 0.2) is 24.3 Å². The Morgan fingerprint density at radius 2 is 2.00 bits per heavy atom. The van der Waals surface area contributed by atoms with Gasteiger partial charge in [-0.25, -0.2) is 0 Å². The van der Waals surface area contributed by atoms with Gasteiger partial charge in [-0.15, -0.1) is 0 Å². The highest BCUT2D eigenvalue weighted by Crippen LogP contribution is 2.14. The van der Waals surface area contributed by atoms with Crippen molar-refractivity contribution in [2.45, 2.75) is 39.3 Å². The maximum Gasteiger partial charge on any atom is 0.234 e. The number of nitrogens with one attached hydrogen (secondary N) is 1. The van der Waals surface area contributed by atoms with E-state index in [1.54, 1.807) is 0 Å². The molecule has 1 rings (SSSR count). The lowest BCUT2D eigenvalue weighted by Gasteiger charge is -2.29. The minimum atomic E-state index is -0.0460. The SMILES string of the molecule is CCC(CC)N(CCO)CC(=O)NCc1ccccc1Cl. The van der Waals surface area contributed by atoms with E-state index in [-0.39, 0.29) is 12.5 Å². The molecule has 2 N–H and O–H groups in total. The molecular formula is C16H25ClN2O2. The summed E-state index contributed by atoms with van der Waals surface area (Å²) in [5, 5.41) is 12.7. The van der Waals surface area contributed by atoms with Gasteiger partial charge in [0.15, 0.2) is 0 Å². The Morgan fingerprint density at radius 3 is 2.57 bits per heavy atom. The molecule has 1 aromatic rings. The monoisotopic (exact) mass is 312 g/mol. The second kappa shape index (κ2) is 9.77. The number of hydrogen-bond donors (Lipinski definition) is 2. The van der Waals surface area contributed by atoms with Gasteiger partial charge in [-0.05, 0) is 24.5 Å². The predicted molar refractivity (Wildman–Crippen MR) is 86.3 cm³/mol. The fraction of sp³-hybridized carbons (Fsp3) is 0.562. The van der Waals surface area contributed by atoms with Crippen molar-refractivity contribution >= 4 is 17.5 Å². The van der Waals surface area contributed by atoms with Crippen molar-refractivity contribution in [3.63, 3.8) is 0 Å². The summed E-state index contributed by atoms with van der Waals surface area (Å²) in [6.45, 7) is 5.51. The Balaban J connectivity index is 2.52. The summed E-state index contributed by atoms with van der Waals surface area (Å²) in [6.07, 6.45) is 1.93. The third-order valence-electron chi connectivity index (χ3n) is 3.63. The minimum Gasteiger partial charge on any atom is -0.395 e. The quantitative estimate of drug-likeness (QED) is 0.736. The van der Waals surface area contributed by atoms with Gasteiger partial charge in [0.05, 0.1) is 13.2 Å². The molecule has 0 unspecified atom stereocenters. The van der Waals surface area contributed by atoms with E-state index >= 15 is 0 Å². The van der Waals surface area contributed by atoms with Crippen molar-refractivity contribution in [3.05, 3.63) is 34.9 Å². The predicted octanol–water partition coefficient (Wildman–Crippen LogP) is 2.44. The fourth-order valence-electron chi connectivity index (χ4n) is 2.40. The number of halogens is 1. The van der Waals surface area contributed by atoms with Crippen LogP contribution >= 0.6 is 11.6 Å². The normalized spacial score (nSPS) is 11.1. The molecule has 0 aliphatic rings. The highest BCUT2D eigenvalue weighted by Gasteiger charge is 2.17. The van der Waals surface area contributed by atoms with Crippen LogP contribution in [-0.2, 0) is 11.3 Å². The molecule has 1 aromatic carbocycles. The average Bonchev–Trinajstić information content (AvgIpc) is 2.48. The number of aliphatic hydroxyl groups excluding tert-OH is 1. The summed E-state index contributed by atoms with van der Waals surface area (Å²) >= 11 is 6.06. The van der Waals surface area contributed by atoms with Crippen LogP contribution in [-0.4, -0.2) is 41.7 Å². The van der Waals surface area contributed by atoms with Crippen molar-refractivity contribution < 1.29 is 9.90 Å². The molecule has 0 radical (unpaired) electrons. The van der Waals surface area contributed by atoms with Gasteiger partial charge in [-0.3, -0.25) is 9.69 Å². The summed E-state index contributed by atoms with van der Waals surface area (Å²) in [4.78, 5) is 14.1. The van der Waals surface area contributed by atoms with E-state index in [4.69, 9.17) is 16.7 Å². The van der Waals surface area contributed by atoms with Crippen LogP contribution in [0.4, 0.5) is 0 Å². The number of rotatable bonds is 9. The van der Waals surface area contributed by atoms with Gasteiger partial charge in [0.2, 0.25) is 5.91 Å². The van der Waals surface area contributed by atoms with E-state index in [1.165, 1.54) is 0 Å². The summed E-state index contributed by atoms with van der Waals surface area (Å²) in [5.41, 5.74) is 0.906. The first kappa shape index (κ1) is 18.0. The van der Waals surface area contributed by atoms with E-state index in [0.29, 0.717) is 30.7 Å². The lowest BCUT2D eigenvalue weighted by atomic mass is 10.1. The van der Waals surface area contributed by atoms with E-state index < -0.39 is 0 Å². The molecule has 5 heteroatoms. The molecule has 0 fully saturated rings. The first-order valence-electron chi connectivity index (χ1n) is 7.47. The van der Waals surface area contributed by atoms with Crippen LogP contribution in [0.25, 0.3) is 0 Å². The van der Waals surface area contributed by atoms with E-state index in [9.17, 15) is 4.79 Å². The van der Waals surface area contributed by atoms with Gasteiger partial charge in [0, 0.05) is 24.2 Å². The maximum atomic E-state index is 12.1. The number of aliphatic hydroxyl groups is 1. The molecule has 0 heterocycles. The molecule has 0 saturated heterocycles. The average molecular weight is 313 g/mol. The van der Waals surface area contributed by atoms with Crippen LogP contribution in [0.1, 0.15) is 32.3 Å². The molecule has 0 aromatic heterocycles. The molecule has 0 aliphatic carbocycles. The third kappa shape index (κ3) is 6.04. The van der Waals surface area contributed by atoms with E-state index in [1.807, 2.05) is 29.2 Å². The molecule has 0 bridgehead atoms. The molecular weight excluding hydrogens is 288 g/mol. The molecule has 1 amide bonds. The van der Waals surface area contributed by atoms with E-state index in [2.05, 4.69) is 19.2 Å². The number of nitrogens with zero attached hydrogens (tertiary/aromatic N) is 1. The van der Waals surface area contributed by atoms with Crippen molar-refractivity contribution in [2.24, 2.45) is 0 Å². The highest BCUT2D eigenvalue weighted by molar-refractivity contribution is 6.31. The zero-order valence-corrected chi connectivity index (χ0v) is 13.6. The van der Waals surface area contributed by atoms with Gasteiger partial charge < -0.3 is 10.4 Å². The molecule has 0 atom stereocenters. The van der Waals surface area contributed by atoms with Crippen LogP contribution in [0.3, 0.4) is 0 Å². The largest absolute Gasteiger partial charge is 0.395 e. The van der Waals surface area contributed by atoms with Crippen LogP contribution < -0.4 is 5.32 Å². The van der Waals surface area contributed by atoms with E-state index in [0.717, 1.165) is 18.4 Å². The number of carbonyl (C=O) groups is 1. The molecule has 0 aliphatic heterocycles. The Morgan fingerprint density at radius 1 is 1.33 bits per heavy atom. The molecule has 4 nitrogen and oxygen atoms in total. The summed E-state index contributed by atoms with van der Waals surface area (Å²) in [5.74, 6) is -0.0460. The molecule has 0 saturated carbocycles. The minimum absolute atomic E-state index is 0.0460. The lowest BCUT2D eigenvalue weighted by molar-refractivity contribution is -0.123. The topological polar surface area (TPSA) is 52.6 Å². The summed E-state index contributed by atoms with van der Waals surface area (Å²) < 4.78 is 0.